The SMILES string of the molecule is Cn1nnnc1SCCCNCc1cn(Cc2ccc(F)cc2Cl)c2ccccc12. The summed E-state index contributed by atoms with van der Waals surface area (Å²) in [6.07, 6.45) is 3.17. The van der Waals surface area contributed by atoms with Crippen LogP contribution in [0.4, 0.5) is 4.39 Å². The Morgan fingerprint density at radius 1 is 1.17 bits per heavy atom. The Morgan fingerprint density at radius 2 is 2.03 bits per heavy atom. The van der Waals surface area contributed by atoms with Gasteiger partial charge in [0, 0.05) is 48.0 Å². The smallest absolute Gasteiger partial charge is 0.209 e. The minimum absolute atomic E-state index is 0.320. The maximum atomic E-state index is 13.4. The molecule has 6 nitrogen and oxygen atoms in total. The van der Waals surface area contributed by atoms with Crippen LogP contribution in [0.2, 0.25) is 5.02 Å². The number of tetrazole rings is 1. The first-order valence-corrected chi connectivity index (χ1v) is 11.0. The zero-order valence-corrected chi connectivity index (χ0v) is 18.1. The summed E-state index contributed by atoms with van der Waals surface area (Å²) >= 11 is 7.89. The van der Waals surface area contributed by atoms with Crippen molar-refractivity contribution in [2.75, 3.05) is 12.3 Å². The molecule has 0 atom stereocenters. The van der Waals surface area contributed by atoms with Crippen LogP contribution in [0.15, 0.2) is 53.8 Å². The van der Waals surface area contributed by atoms with E-state index in [1.165, 1.54) is 23.1 Å². The van der Waals surface area contributed by atoms with Crippen molar-refractivity contribution in [2.45, 2.75) is 24.7 Å². The molecule has 2 heterocycles. The first-order chi connectivity index (χ1) is 14.6. The second kappa shape index (κ2) is 9.59. The van der Waals surface area contributed by atoms with Crippen molar-refractivity contribution in [3.63, 3.8) is 0 Å². The van der Waals surface area contributed by atoms with Gasteiger partial charge in [0.2, 0.25) is 5.16 Å². The molecule has 0 amide bonds. The molecule has 1 N–H and O–H groups in total. The number of benzene rings is 2. The van der Waals surface area contributed by atoms with Gasteiger partial charge in [0.25, 0.3) is 0 Å². The van der Waals surface area contributed by atoms with Crippen molar-refractivity contribution in [1.82, 2.24) is 30.1 Å². The first-order valence-electron chi connectivity index (χ1n) is 9.68. The van der Waals surface area contributed by atoms with Gasteiger partial charge in [0.05, 0.1) is 0 Å². The molecule has 0 aliphatic carbocycles. The van der Waals surface area contributed by atoms with E-state index in [0.717, 1.165) is 41.5 Å². The Morgan fingerprint density at radius 3 is 2.83 bits per heavy atom. The van der Waals surface area contributed by atoms with Crippen molar-refractivity contribution < 1.29 is 4.39 Å². The number of rotatable bonds is 9. The van der Waals surface area contributed by atoms with Crippen LogP contribution in [-0.4, -0.2) is 37.1 Å². The first kappa shape index (κ1) is 20.8. The fourth-order valence-electron chi connectivity index (χ4n) is 3.36. The van der Waals surface area contributed by atoms with Crippen LogP contribution in [-0.2, 0) is 20.1 Å². The molecule has 0 aliphatic rings. The van der Waals surface area contributed by atoms with Crippen LogP contribution >= 0.6 is 23.4 Å². The summed E-state index contributed by atoms with van der Waals surface area (Å²) in [7, 11) is 1.84. The number of aryl methyl sites for hydroxylation is 1. The van der Waals surface area contributed by atoms with E-state index >= 15 is 0 Å². The summed E-state index contributed by atoms with van der Waals surface area (Å²) in [5.74, 6) is 0.631. The van der Waals surface area contributed by atoms with Gasteiger partial charge >= 0.3 is 0 Å². The summed E-state index contributed by atoms with van der Waals surface area (Å²) in [6.45, 7) is 2.28. The number of halogens is 2. The Labute approximate surface area is 183 Å². The van der Waals surface area contributed by atoms with E-state index in [1.54, 1.807) is 22.5 Å². The van der Waals surface area contributed by atoms with E-state index in [0.29, 0.717) is 11.6 Å². The van der Waals surface area contributed by atoms with Gasteiger partial charge in [-0.1, -0.05) is 47.6 Å². The van der Waals surface area contributed by atoms with Gasteiger partial charge in [-0.2, -0.15) is 0 Å². The third-order valence-corrected chi connectivity index (χ3v) is 6.30. The molecule has 156 valence electrons. The molecule has 0 unspecified atom stereocenters. The van der Waals surface area contributed by atoms with Crippen molar-refractivity contribution in [2.24, 2.45) is 7.05 Å². The Balaban J connectivity index is 1.37. The zero-order chi connectivity index (χ0) is 20.9. The van der Waals surface area contributed by atoms with Gasteiger partial charge in [0.15, 0.2) is 0 Å². The topological polar surface area (TPSA) is 60.6 Å². The van der Waals surface area contributed by atoms with E-state index in [2.05, 4.69) is 43.7 Å². The third-order valence-electron chi connectivity index (χ3n) is 4.85. The van der Waals surface area contributed by atoms with Crippen molar-refractivity contribution in [3.05, 3.63) is 70.6 Å². The van der Waals surface area contributed by atoms with Crippen molar-refractivity contribution in [3.8, 4) is 0 Å². The molecule has 0 bridgehead atoms. The molecule has 0 aliphatic heterocycles. The Bertz CT molecular complexity index is 1140. The van der Waals surface area contributed by atoms with Crippen LogP contribution in [0.25, 0.3) is 10.9 Å². The molecule has 0 saturated carbocycles. The number of thioether (sulfide) groups is 1. The molecule has 0 fully saturated rings. The highest BCUT2D eigenvalue weighted by molar-refractivity contribution is 7.99. The summed E-state index contributed by atoms with van der Waals surface area (Å²) in [5, 5.41) is 17.5. The number of fused-ring (bicyclic) bond motifs is 1. The van der Waals surface area contributed by atoms with Gasteiger partial charge in [-0.25, -0.2) is 9.07 Å². The van der Waals surface area contributed by atoms with Gasteiger partial charge < -0.3 is 9.88 Å². The van der Waals surface area contributed by atoms with Crippen LogP contribution in [0, 0.1) is 5.82 Å². The predicted octanol–water partition coefficient (Wildman–Crippen LogP) is 4.28. The van der Waals surface area contributed by atoms with E-state index in [9.17, 15) is 4.39 Å². The normalized spacial score (nSPS) is 11.4. The molecule has 9 heteroatoms. The average molecular weight is 445 g/mol. The van der Waals surface area contributed by atoms with Gasteiger partial charge in [0.1, 0.15) is 5.82 Å². The van der Waals surface area contributed by atoms with Crippen molar-refractivity contribution >= 4 is 34.3 Å². The molecule has 30 heavy (non-hydrogen) atoms. The van der Waals surface area contributed by atoms with Gasteiger partial charge in [-0.15, -0.1) is 5.10 Å². The second-order valence-electron chi connectivity index (χ2n) is 7.00. The standard InChI is InChI=1S/C21H22ClFN6S/c1-28-21(25-26-27-28)30-10-4-9-24-12-16-14-29(20-6-3-2-5-18(16)20)13-15-7-8-17(23)11-19(15)22/h2-3,5-8,11,14,24H,4,9-10,12-13H2,1H3. The van der Waals surface area contributed by atoms with E-state index in [1.807, 2.05) is 19.2 Å². The minimum atomic E-state index is -0.320. The third kappa shape index (κ3) is 4.83. The quantitative estimate of drug-likeness (QED) is 0.308. The van der Waals surface area contributed by atoms with Gasteiger partial charge in [-0.05, 0) is 52.7 Å². The van der Waals surface area contributed by atoms with Crippen molar-refractivity contribution in [1.29, 1.82) is 0 Å². The monoisotopic (exact) mass is 444 g/mol. The number of hydrogen-bond acceptors (Lipinski definition) is 5. The predicted molar refractivity (Wildman–Crippen MR) is 118 cm³/mol. The Hall–Kier alpha value is -2.42. The highest BCUT2D eigenvalue weighted by Gasteiger charge is 2.10. The summed E-state index contributed by atoms with van der Waals surface area (Å²) < 4.78 is 17.2. The maximum absolute atomic E-state index is 13.4. The van der Waals surface area contributed by atoms with Crippen LogP contribution < -0.4 is 5.32 Å². The maximum Gasteiger partial charge on any atom is 0.209 e. The molecule has 2 aromatic carbocycles. The highest BCUT2D eigenvalue weighted by Crippen LogP contribution is 2.25. The number of para-hydroxylation sites is 1. The zero-order valence-electron chi connectivity index (χ0n) is 16.6. The van der Waals surface area contributed by atoms with E-state index < -0.39 is 0 Å². The number of hydrogen-bond donors (Lipinski definition) is 1. The summed E-state index contributed by atoms with van der Waals surface area (Å²) in [5.41, 5.74) is 3.27. The van der Waals surface area contributed by atoms with Gasteiger partial charge in [-0.3, -0.25) is 0 Å². The van der Waals surface area contributed by atoms with Crippen LogP contribution in [0.5, 0.6) is 0 Å². The fraction of sp³-hybridized carbons (Fsp3) is 0.286. The molecule has 0 saturated heterocycles. The molecule has 0 spiro atoms. The summed E-state index contributed by atoms with van der Waals surface area (Å²) in [6, 6.07) is 12.9. The number of aromatic nitrogens is 5. The molecule has 4 rings (SSSR count). The lowest BCUT2D eigenvalue weighted by Gasteiger charge is -2.07. The lowest BCUT2D eigenvalue weighted by molar-refractivity contribution is 0.626. The summed E-state index contributed by atoms with van der Waals surface area (Å²) in [4.78, 5) is 0. The largest absolute Gasteiger partial charge is 0.343 e. The molecule has 0 radical (unpaired) electrons. The average Bonchev–Trinajstić information content (AvgIpc) is 3.30. The van der Waals surface area contributed by atoms with E-state index in [-0.39, 0.29) is 5.82 Å². The number of nitrogens with one attached hydrogen (secondary N) is 1. The Kier molecular flexibility index (Phi) is 6.66. The highest BCUT2D eigenvalue weighted by atomic mass is 35.5. The lowest BCUT2D eigenvalue weighted by Crippen LogP contribution is -2.15. The number of nitrogens with zero attached hydrogens (tertiary/aromatic N) is 5. The molecular weight excluding hydrogens is 423 g/mol. The fourth-order valence-corrected chi connectivity index (χ4v) is 4.37. The minimum Gasteiger partial charge on any atom is -0.343 e. The molecular formula is C21H22ClFN6S. The van der Waals surface area contributed by atoms with E-state index in [4.69, 9.17) is 11.6 Å². The van der Waals surface area contributed by atoms with Crippen LogP contribution in [0.3, 0.4) is 0 Å². The molecule has 2 aromatic heterocycles. The second-order valence-corrected chi connectivity index (χ2v) is 8.47. The lowest BCUT2D eigenvalue weighted by atomic mass is 10.2. The molecule has 4 aromatic rings. The van der Waals surface area contributed by atoms with Crippen LogP contribution in [0.1, 0.15) is 17.5 Å².